The molecular weight excluding hydrogens is 466 g/mol. The van der Waals surface area contributed by atoms with E-state index in [0.717, 1.165) is 23.3 Å². The summed E-state index contributed by atoms with van der Waals surface area (Å²) < 4.78 is 43.3. The molecule has 0 aliphatic heterocycles. The number of carbonyl (C=O) groups excluding carboxylic acids is 1. The van der Waals surface area contributed by atoms with Gasteiger partial charge in [-0.3, -0.25) is 0 Å². The SMILES string of the molecule is COc1cc(/C=C/c2ccc(OC(=O)c3cc(-c4ccc(F)cc4F)ccc3O)cc2)cc(OC)c1. The minimum absolute atomic E-state index is 0.0928. The second-order valence-electron chi connectivity index (χ2n) is 7.79. The van der Waals surface area contributed by atoms with Gasteiger partial charge in [-0.25, -0.2) is 13.6 Å². The highest BCUT2D eigenvalue weighted by molar-refractivity contribution is 5.95. The van der Waals surface area contributed by atoms with Gasteiger partial charge < -0.3 is 19.3 Å². The fourth-order valence-corrected chi connectivity index (χ4v) is 3.52. The molecule has 0 amide bonds. The fourth-order valence-electron chi connectivity index (χ4n) is 3.52. The molecule has 0 atom stereocenters. The van der Waals surface area contributed by atoms with Gasteiger partial charge >= 0.3 is 5.97 Å². The van der Waals surface area contributed by atoms with Crippen molar-refractivity contribution in [2.75, 3.05) is 14.2 Å². The van der Waals surface area contributed by atoms with E-state index in [0.29, 0.717) is 17.1 Å². The van der Waals surface area contributed by atoms with Gasteiger partial charge in [0.15, 0.2) is 0 Å². The van der Waals surface area contributed by atoms with Gasteiger partial charge in [0.05, 0.1) is 14.2 Å². The Hall–Kier alpha value is -4.65. The molecule has 0 fully saturated rings. The quantitative estimate of drug-likeness (QED) is 0.177. The van der Waals surface area contributed by atoms with Crippen molar-refractivity contribution in [3.05, 3.63) is 107 Å². The van der Waals surface area contributed by atoms with Crippen LogP contribution in [0.3, 0.4) is 0 Å². The first-order valence-electron chi connectivity index (χ1n) is 10.9. The third kappa shape index (κ3) is 5.70. The van der Waals surface area contributed by atoms with Gasteiger partial charge in [-0.2, -0.15) is 0 Å². The van der Waals surface area contributed by atoms with Crippen molar-refractivity contribution in [2.24, 2.45) is 0 Å². The molecule has 36 heavy (non-hydrogen) atoms. The molecule has 0 unspecified atom stereocenters. The summed E-state index contributed by atoms with van der Waals surface area (Å²) in [6, 6.07) is 19.4. The van der Waals surface area contributed by atoms with Crippen LogP contribution in [-0.4, -0.2) is 25.3 Å². The van der Waals surface area contributed by atoms with Crippen molar-refractivity contribution in [3.63, 3.8) is 0 Å². The van der Waals surface area contributed by atoms with Gasteiger partial charge in [-0.15, -0.1) is 0 Å². The number of carbonyl (C=O) groups is 1. The highest BCUT2D eigenvalue weighted by Crippen LogP contribution is 2.29. The van der Waals surface area contributed by atoms with E-state index in [9.17, 15) is 18.7 Å². The van der Waals surface area contributed by atoms with E-state index in [4.69, 9.17) is 14.2 Å². The van der Waals surface area contributed by atoms with Gasteiger partial charge in [0.25, 0.3) is 0 Å². The lowest BCUT2D eigenvalue weighted by molar-refractivity contribution is 0.0731. The van der Waals surface area contributed by atoms with E-state index < -0.39 is 17.6 Å². The van der Waals surface area contributed by atoms with Crippen LogP contribution in [0, 0.1) is 11.6 Å². The number of methoxy groups -OCH3 is 2. The molecule has 5 nitrogen and oxygen atoms in total. The maximum Gasteiger partial charge on any atom is 0.347 e. The number of rotatable bonds is 7. The van der Waals surface area contributed by atoms with E-state index in [2.05, 4.69) is 0 Å². The Labute approximate surface area is 206 Å². The summed E-state index contributed by atoms with van der Waals surface area (Å²) in [4.78, 5) is 12.7. The molecule has 182 valence electrons. The van der Waals surface area contributed by atoms with Gasteiger partial charge in [-0.1, -0.05) is 30.4 Å². The number of ether oxygens (including phenoxy) is 3. The van der Waals surface area contributed by atoms with E-state index >= 15 is 0 Å². The van der Waals surface area contributed by atoms with Gasteiger partial charge in [-0.05, 0) is 65.2 Å². The number of hydrogen-bond acceptors (Lipinski definition) is 5. The number of phenols is 1. The Morgan fingerprint density at radius 3 is 2.06 bits per heavy atom. The number of phenolic OH excluding ortho intramolecular Hbond substituents is 1. The topological polar surface area (TPSA) is 65.0 Å². The average molecular weight is 488 g/mol. The predicted molar refractivity (Wildman–Crippen MR) is 133 cm³/mol. The number of esters is 1. The van der Waals surface area contributed by atoms with Crippen molar-refractivity contribution < 1.29 is 32.9 Å². The number of benzene rings is 4. The smallest absolute Gasteiger partial charge is 0.347 e. The van der Waals surface area contributed by atoms with Crippen molar-refractivity contribution in [1.29, 1.82) is 0 Å². The zero-order valence-corrected chi connectivity index (χ0v) is 19.5. The fraction of sp³-hybridized carbons (Fsp3) is 0.0690. The second-order valence-corrected chi connectivity index (χ2v) is 7.79. The van der Waals surface area contributed by atoms with Crippen LogP contribution in [0.1, 0.15) is 21.5 Å². The maximum absolute atomic E-state index is 14.2. The van der Waals surface area contributed by atoms with Crippen LogP contribution in [0.5, 0.6) is 23.0 Å². The lowest BCUT2D eigenvalue weighted by Gasteiger charge is -2.09. The Morgan fingerprint density at radius 2 is 1.42 bits per heavy atom. The summed E-state index contributed by atoms with van der Waals surface area (Å²) in [5.74, 6) is -1.02. The molecule has 0 aromatic heterocycles. The summed E-state index contributed by atoms with van der Waals surface area (Å²) in [7, 11) is 3.17. The lowest BCUT2D eigenvalue weighted by atomic mass is 10.0. The van der Waals surface area contributed by atoms with Crippen molar-refractivity contribution in [2.45, 2.75) is 0 Å². The van der Waals surface area contributed by atoms with Crippen LogP contribution < -0.4 is 14.2 Å². The van der Waals surface area contributed by atoms with Gasteiger partial charge in [0.2, 0.25) is 0 Å². The highest BCUT2D eigenvalue weighted by Gasteiger charge is 2.17. The first-order valence-corrected chi connectivity index (χ1v) is 10.9. The molecule has 4 aromatic rings. The zero-order valence-electron chi connectivity index (χ0n) is 19.5. The average Bonchev–Trinajstić information content (AvgIpc) is 2.88. The predicted octanol–water partition coefficient (Wildman–Crippen LogP) is 6.74. The molecule has 0 saturated carbocycles. The Balaban J connectivity index is 1.49. The van der Waals surface area contributed by atoms with Crippen molar-refractivity contribution in [1.82, 2.24) is 0 Å². The van der Waals surface area contributed by atoms with E-state index in [1.807, 2.05) is 24.3 Å². The molecule has 0 saturated heterocycles. The minimum atomic E-state index is -0.816. The van der Waals surface area contributed by atoms with Crippen LogP contribution >= 0.6 is 0 Å². The summed E-state index contributed by atoms with van der Waals surface area (Å²) in [5.41, 5.74) is 1.98. The maximum atomic E-state index is 14.2. The molecule has 7 heteroatoms. The van der Waals surface area contributed by atoms with Crippen LogP contribution in [0.15, 0.2) is 78.9 Å². The first-order chi connectivity index (χ1) is 17.4. The minimum Gasteiger partial charge on any atom is -0.507 e. The summed E-state index contributed by atoms with van der Waals surface area (Å²) in [6.07, 6.45) is 3.77. The Morgan fingerprint density at radius 1 is 0.750 bits per heavy atom. The van der Waals surface area contributed by atoms with E-state index in [1.165, 1.54) is 24.3 Å². The number of aromatic hydroxyl groups is 1. The summed E-state index contributed by atoms with van der Waals surface area (Å²) in [5, 5.41) is 10.2. The van der Waals surface area contributed by atoms with Crippen LogP contribution in [0.25, 0.3) is 23.3 Å². The highest BCUT2D eigenvalue weighted by atomic mass is 19.1. The van der Waals surface area contributed by atoms with Crippen LogP contribution in [0.2, 0.25) is 0 Å². The molecule has 1 N–H and O–H groups in total. The van der Waals surface area contributed by atoms with Crippen molar-refractivity contribution in [3.8, 4) is 34.1 Å². The second kappa shape index (κ2) is 10.7. The molecule has 0 spiro atoms. The lowest BCUT2D eigenvalue weighted by Crippen LogP contribution is -2.09. The standard InChI is InChI=1S/C29H22F2O5/c1-34-23-13-19(14-24(17-23)35-2)4-3-18-5-9-22(10-6-18)36-29(33)26-15-20(7-12-28(26)32)25-11-8-21(30)16-27(25)31/h3-17,32H,1-2H3/b4-3+. The molecule has 0 aliphatic carbocycles. The Bertz CT molecular complexity index is 1410. The summed E-state index contributed by atoms with van der Waals surface area (Å²) in [6.45, 7) is 0. The molecule has 0 radical (unpaired) electrons. The molecule has 0 aliphatic rings. The largest absolute Gasteiger partial charge is 0.507 e. The molecule has 0 bridgehead atoms. The van der Waals surface area contributed by atoms with Crippen LogP contribution in [0.4, 0.5) is 8.78 Å². The Kier molecular flexibility index (Phi) is 7.30. The number of halogens is 2. The van der Waals surface area contributed by atoms with Crippen LogP contribution in [-0.2, 0) is 0 Å². The third-order valence-corrected chi connectivity index (χ3v) is 5.39. The van der Waals surface area contributed by atoms with Gasteiger partial charge in [0, 0.05) is 17.7 Å². The molecule has 0 heterocycles. The molecule has 4 rings (SSSR count). The molecular formula is C29H22F2O5. The molecule has 4 aromatic carbocycles. The zero-order chi connectivity index (χ0) is 25.7. The van der Waals surface area contributed by atoms with Crippen molar-refractivity contribution >= 4 is 18.1 Å². The normalized spacial score (nSPS) is 10.9. The van der Waals surface area contributed by atoms with E-state index in [-0.39, 0.29) is 22.6 Å². The van der Waals surface area contributed by atoms with E-state index in [1.54, 1.807) is 44.6 Å². The first kappa shape index (κ1) is 24.5. The summed E-state index contributed by atoms with van der Waals surface area (Å²) >= 11 is 0. The third-order valence-electron chi connectivity index (χ3n) is 5.39. The van der Waals surface area contributed by atoms with Gasteiger partial charge in [0.1, 0.15) is 40.2 Å². The monoisotopic (exact) mass is 488 g/mol. The number of hydrogen-bond donors (Lipinski definition) is 1.